The normalized spacial score (nSPS) is 10.3. The molecule has 0 aliphatic carbocycles. The molecule has 0 saturated carbocycles. The standard InChI is InChI=1S/C18H22O6/c1-19-15-7-5-13(9-17(15)21-3)11-23-24-12-14-6-8-16(20-2)18(10-14)22-4/h5-10H,11-12H2,1-4H3. The molecule has 0 fully saturated rings. The van der Waals surface area contributed by atoms with Gasteiger partial charge in [0.2, 0.25) is 0 Å². The van der Waals surface area contributed by atoms with Crippen molar-refractivity contribution in [2.24, 2.45) is 0 Å². The fraction of sp³-hybridized carbons (Fsp3) is 0.333. The molecule has 6 nitrogen and oxygen atoms in total. The molecule has 0 bridgehead atoms. The van der Waals surface area contributed by atoms with Gasteiger partial charge in [0.25, 0.3) is 0 Å². The SMILES string of the molecule is COc1ccc(COOCc2ccc(OC)c(OC)c2)cc1OC. The first-order valence-electron chi connectivity index (χ1n) is 7.38. The lowest BCUT2D eigenvalue weighted by atomic mass is 10.2. The predicted molar refractivity (Wildman–Crippen MR) is 88.7 cm³/mol. The molecule has 0 unspecified atom stereocenters. The Kier molecular flexibility index (Phi) is 6.72. The number of hydrogen-bond acceptors (Lipinski definition) is 6. The summed E-state index contributed by atoms with van der Waals surface area (Å²) in [5.41, 5.74) is 1.83. The van der Waals surface area contributed by atoms with Crippen LogP contribution in [0.3, 0.4) is 0 Å². The lowest BCUT2D eigenvalue weighted by Gasteiger charge is -2.11. The fourth-order valence-electron chi connectivity index (χ4n) is 2.16. The van der Waals surface area contributed by atoms with Gasteiger partial charge >= 0.3 is 0 Å². The molecule has 24 heavy (non-hydrogen) atoms. The third-order valence-electron chi connectivity index (χ3n) is 3.43. The summed E-state index contributed by atoms with van der Waals surface area (Å²) in [4.78, 5) is 10.5. The Morgan fingerprint density at radius 3 is 1.25 bits per heavy atom. The molecule has 0 heterocycles. The van der Waals surface area contributed by atoms with E-state index in [1.165, 1.54) is 0 Å². The first-order chi connectivity index (χ1) is 11.7. The zero-order valence-electron chi connectivity index (χ0n) is 14.3. The Bertz CT molecular complexity index is 598. The Morgan fingerprint density at radius 2 is 0.917 bits per heavy atom. The highest BCUT2D eigenvalue weighted by atomic mass is 17.2. The Balaban J connectivity index is 1.87. The zero-order chi connectivity index (χ0) is 17.4. The quantitative estimate of drug-likeness (QED) is 0.398. The second-order valence-corrected chi connectivity index (χ2v) is 4.90. The minimum absolute atomic E-state index is 0.299. The Hall–Kier alpha value is -2.44. The smallest absolute Gasteiger partial charge is 0.161 e. The van der Waals surface area contributed by atoms with Crippen LogP contribution in [0.5, 0.6) is 23.0 Å². The fourth-order valence-corrected chi connectivity index (χ4v) is 2.16. The van der Waals surface area contributed by atoms with Gasteiger partial charge in [-0.25, -0.2) is 9.78 Å². The maximum absolute atomic E-state index is 5.26. The van der Waals surface area contributed by atoms with E-state index in [0.29, 0.717) is 36.2 Å². The molecule has 6 heteroatoms. The minimum atomic E-state index is 0.299. The van der Waals surface area contributed by atoms with E-state index in [-0.39, 0.29) is 0 Å². The average molecular weight is 334 g/mol. The van der Waals surface area contributed by atoms with Gasteiger partial charge in [0.05, 0.1) is 28.4 Å². The van der Waals surface area contributed by atoms with Crippen molar-refractivity contribution in [3.05, 3.63) is 47.5 Å². The molecule has 130 valence electrons. The maximum Gasteiger partial charge on any atom is 0.161 e. The largest absolute Gasteiger partial charge is 0.493 e. The molecule has 2 rings (SSSR count). The predicted octanol–water partition coefficient (Wildman–Crippen LogP) is 3.37. The van der Waals surface area contributed by atoms with Crippen LogP contribution in [0.15, 0.2) is 36.4 Å². The van der Waals surface area contributed by atoms with Gasteiger partial charge in [-0.3, -0.25) is 0 Å². The van der Waals surface area contributed by atoms with Crippen LogP contribution in [0.1, 0.15) is 11.1 Å². The van der Waals surface area contributed by atoms with Crippen molar-refractivity contribution in [2.45, 2.75) is 13.2 Å². The zero-order valence-corrected chi connectivity index (χ0v) is 14.3. The monoisotopic (exact) mass is 334 g/mol. The van der Waals surface area contributed by atoms with Gasteiger partial charge < -0.3 is 18.9 Å². The van der Waals surface area contributed by atoms with Crippen molar-refractivity contribution in [1.29, 1.82) is 0 Å². The van der Waals surface area contributed by atoms with Crippen molar-refractivity contribution < 1.29 is 28.7 Å². The van der Waals surface area contributed by atoms with Gasteiger partial charge in [0.1, 0.15) is 13.2 Å². The summed E-state index contributed by atoms with van der Waals surface area (Å²) in [6.45, 7) is 0.598. The van der Waals surface area contributed by atoms with Gasteiger partial charge in [0, 0.05) is 0 Å². The first-order valence-corrected chi connectivity index (χ1v) is 7.38. The molecule has 0 aliphatic heterocycles. The average Bonchev–Trinajstić information content (AvgIpc) is 2.64. The topological polar surface area (TPSA) is 55.4 Å². The Labute approximate surface area is 141 Å². The summed E-state index contributed by atoms with van der Waals surface area (Å²) < 4.78 is 20.9. The van der Waals surface area contributed by atoms with Crippen LogP contribution in [-0.2, 0) is 23.0 Å². The Morgan fingerprint density at radius 1 is 0.542 bits per heavy atom. The molecular formula is C18H22O6. The van der Waals surface area contributed by atoms with Gasteiger partial charge in [-0.1, -0.05) is 12.1 Å². The highest BCUT2D eigenvalue weighted by Crippen LogP contribution is 2.29. The minimum Gasteiger partial charge on any atom is -0.493 e. The molecule has 0 N–H and O–H groups in total. The number of rotatable bonds is 9. The van der Waals surface area contributed by atoms with Gasteiger partial charge in [-0.15, -0.1) is 0 Å². The van der Waals surface area contributed by atoms with E-state index in [1.54, 1.807) is 28.4 Å². The molecule has 0 amide bonds. The van der Waals surface area contributed by atoms with Crippen LogP contribution in [-0.4, -0.2) is 28.4 Å². The molecule has 0 radical (unpaired) electrons. The van der Waals surface area contributed by atoms with E-state index < -0.39 is 0 Å². The molecule has 0 atom stereocenters. The van der Waals surface area contributed by atoms with Gasteiger partial charge in [0.15, 0.2) is 23.0 Å². The molecular weight excluding hydrogens is 312 g/mol. The van der Waals surface area contributed by atoms with E-state index in [1.807, 2.05) is 36.4 Å². The number of methoxy groups -OCH3 is 4. The third-order valence-corrected chi connectivity index (χ3v) is 3.43. The second-order valence-electron chi connectivity index (χ2n) is 4.90. The van der Waals surface area contributed by atoms with E-state index in [4.69, 9.17) is 28.7 Å². The van der Waals surface area contributed by atoms with E-state index >= 15 is 0 Å². The number of hydrogen-bond donors (Lipinski definition) is 0. The van der Waals surface area contributed by atoms with Crippen LogP contribution >= 0.6 is 0 Å². The first kappa shape index (κ1) is 17.9. The summed E-state index contributed by atoms with van der Waals surface area (Å²) in [5, 5.41) is 0. The molecule has 2 aromatic rings. The van der Waals surface area contributed by atoms with E-state index in [0.717, 1.165) is 11.1 Å². The van der Waals surface area contributed by atoms with Crippen molar-refractivity contribution in [2.75, 3.05) is 28.4 Å². The summed E-state index contributed by atoms with van der Waals surface area (Å²) in [5.74, 6) is 2.65. The summed E-state index contributed by atoms with van der Waals surface area (Å²) in [7, 11) is 6.38. The van der Waals surface area contributed by atoms with Gasteiger partial charge in [-0.05, 0) is 35.4 Å². The maximum atomic E-state index is 5.26. The molecule has 0 spiro atoms. The van der Waals surface area contributed by atoms with Crippen LogP contribution in [0.2, 0.25) is 0 Å². The third kappa shape index (κ3) is 4.53. The van der Waals surface area contributed by atoms with E-state index in [2.05, 4.69) is 0 Å². The number of ether oxygens (including phenoxy) is 4. The summed E-state index contributed by atoms with van der Waals surface area (Å²) >= 11 is 0. The number of benzene rings is 2. The van der Waals surface area contributed by atoms with Crippen LogP contribution in [0.4, 0.5) is 0 Å². The summed E-state index contributed by atoms with van der Waals surface area (Å²) in [6, 6.07) is 11.1. The second kappa shape index (κ2) is 9.00. The van der Waals surface area contributed by atoms with Crippen LogP contribution in [0.25, 0.3) is 0 Å². The molecule has 0 aliphatic rings. The van der Waals surface area contributed by atoms with E-state index in [9.17, 15) is 0 Å². The summed E-state index contributed by atoms with van der Waals surface area (Å²) in [6.07, 6.45) is 0. The van der Waals surface area contributed by atoms with Crippen molar-refractivity contribution in [3.8, 4) is 23.0 Å². The lowest BCUT2D eigenvalue weighted by molar-refractivity contribution is -0.313. The van der Waals surface area contributed by atoms with Crippen LogP contribution in [0, 0.1) is 0 Å². The highest BCUT2D eigenvalue weighted by Gasteiger charge is 2.06. The van der Waals surface area contributed by atoms with Crippen molar-refractivity contribution >= 4 is 0 Å². The molecule has 0 aromatic heterocycles. The van der Waals surface area contributed by atoms with Crippen molar-refractivity contribution in [3.63, 3.8) is 0 Å². The highest BCUT2D eigenvalue weighted by molar-refractivity contribution is 5.43. The molecule has 0 saturated heterocycles. The molecule has 2 aromatic carbocycles. The van der Waals surface area contributed by atoms with Crippen molar-refractivity contribution in [1.82, 2.24) is 0 Å². The van der Waals surface area contributed by atoms with Gasteiger partial charge in [-0.2, -0.15) is 0 Å². The lowest BCUT2D eigenvalue weighted by Crippen LogP contribution is -1.99. The van der Waals surface area contributed by atoms with Crippen LogP contribution < -0.4 is 18.9 Å².